The molecule has 0 bridgehead atoms. The van der Waals surface area contributed by atoms with Crippen molar-refractivity contribution in [2.45, 2.75) is 25.2 Å². The van der Waals surface area contributed by atoms with Gasteiger partial charge in [-0.15, -0.1) is 0 Å². The molecule has 172 valence electrons. The fraction of sp³-hybridized carbons (Fsp3) is 0.304. The largest absolute Gasteiger partial charge is 0.854 e. The molecular weight excluding hydrogens is 444 g/mol. The predicted octanol–water partition coefficient (Wildman–Crippen LogP) is 2.56. The molecule has 1 unspecified atom stereocenters. The van der Waals surface area contributed by atoms with Crippen molar-refractivity contribution in [3.05, 3.63) is 42.0 Å². The highest BCUT2D eigenvalue weighted by molar-refractivity contribution is 7.99. The van der Waals surface area contributed by atoms with Gasteiger partial charge in [-0.2, -0.15) is 0 Å². The first-order valence-corrected chi connectivity index (χ1v) is 11.3. The van der Waals surface area contributed by atoms with Crippen molar-refractivity contribution >= 4 is 23.4 Å². The Morgan fingerprint density at radius 1 is 1.15 bits per heavy atom. The Labute approximate surface area is 195 Å². The molecule has 33 heavy (non-hydrogen) atoms. The topological polar surface area (TPSA) is 101 Å². The molecule has 0 N–H and O–H groups in total. The van der Waals surface area contributed by atoms with Gasteiger partial charge in [-0.3, -0.25) is 4.79 Å². The Hall–Kier alpha value is -3.53. The van der Waals surface area contributed by atoms with Crippen molar-refractivity contribution in [3.63, 3.8) is 0 Å². The van der Waals surface area contributed by atoms with Crippen LogP contribution in [0, 0.1) is 0 Å². The van der Waals surface area contributed by atoms with E-state index in [9.17, 15) is 9.90 Å². The second-order valence-corrected chi connectivity index (χ2v) is 8.40. The maximum absolute atomic E-state index is 13.2. The maximum Gasteiger partial charge on any atom is 0.293 e. The zero-order valence-corrected chi connectivity index (χ0v) is 19.8. The normalized spacial score (nSPS) is 14.3. The Balaban J connectivity index is 2.07. The number of hydrogen-bond donors (Lipinski definition) is 0. The predicted molar refractivity (Wildman–Crippen MR) is 121 cm³/mol. The molecule has 0 fully saturated rings. The molecule has 0 saturated heterocycles. The van der Waals surface area contributed by atoms with Gasteiger partial charge in [0.15, 0.2) is 11.5 Å². The van der Waals surface area contributed by atoms with Crippen molar-refractivity contribution < 1.29 is 28.8 Å². The van der Waals surface area contributed by atoms with Gasteiger partial charge >= 0.3 is 0 Å². The molecule has 2 aromatic carbocycles. The van der Waals surface area contributed by atoms with E-state index >= 15 is 0 Å². The van der Waals surface area contributed by atoms with Crippen LogP contribution in [0.2, 0.25) is 0 Å². The van der Waals surface area contributed by atoms with E-state index in [4.69, 9.17) is 14.2 Å². The first-order valence-electron chi connectivity index (χ1n) is 10.3. The lowest BCUT2D eigenvalue weighted by molar-refractivity contribution is -0.764. The van der Waals surface area contributed by atoms with Crippen LogP contribution in [0.1, 0.15) is 25.6 Å². The number of fused-ring (bicyclic) bond motifs is 3. The zero-order chi connectivity index (χ0) is 23.7. The second kappa shape index (κ2) is 9.14. The molecule has 0 spiro atoms. The summed E-state index contributed by atoms with van der Waals surface area (Å²) in [6.45, 7) is 3.44. The number of anilines is 1. The van der Waals surface area contributed by atoms with E-state index in [1.54, 1.807) is 33.8 Å². The lowest BCUT2D eigenvalue weighted by Crippen LogP contribution is -2.58. The number of benzene rings is 2. The minimum absolute atomic E-state index is 0.213. The summed E-state index contributed by atoms with van der Waals surface area (Å²) in [5.41, 5.74) is 2.13. The van der Waals surface area contributed by atoms with Crippen LogP contribution >= 0.6 is 11.8 Å². The molecular formula is C23H24N4O5S. The first kappa shape index (κ1) is 22.7. The molecule has 0 saturated carbocycles. The highest BCUT2D eigenvalue weighted by atomic mass is 32.2. The SMILES string of the molecule is CCSc1nc([O-])c2[n+](n1)C(c1cc(OC)c(OC)c(OC)c1)N(C(C)=O)c1ccccc1-2. The summed E-state index contributed by atoms with van der Waals surface area (Å²) < 4.78 is 18.1. The summed E-state index contributed by atoms with van der Waals surface area (Å²) in [7, 11) is 4.57. The Bertz CT molecular complexity index is 1190. The van der Waals surface area contributed by atoms with Gasteiger partial charge < -0.3 is 19.3 Å². The van der Waals surface area contributed by atoms with Crippen LogP contribution in [0.5, 0.6) is 23.1 Å². The lowest BCUT2D eigenvalue weighted by Gasteiger charge is -2.33. The molecule has 3 aromatic rings. The van der Waals surface area contributed by atoms with E-state index in [1.165, 1.54) is 40.0 Å². The highest BCUT2D eigenvalue weighted by Gasteiger charge is 2.44. The average molecular weight is 469 g/mol. The Morgan fingerprint density at radius 3 is 2.39 bits per heavy atom. The number of aromatic nitrogens is 3. The summed E-state index contributed by atoms with van der Waals surface area (Å²) in [5.74, 6) is 1.35. The van der Waals surface area contributed by atoms with E-state index < -0.39 is 12.0 Å². The molecule has 1 aromatic heterocycles. The molecule has 1 atom stereocenters. The third kappa shape index (κ3) is 3.80. The van der Waals surface area contributed by atoms with Crippen LogP contribution in [-0.4, -0.2) is 43.1 Å². The van der Waals surface area contributed by atoms with Gasteiger partial charge in [0.25, 0.3) is 17.0 Å². The van der Waals surface area contributed by atoms with Crippen molar-refractivity contribution in [3.8, 4) is 34.4 Å². The van der Waals surface area contributed by atoms with E-state index in [1.807, 2.05) is 19.1 Å². The number of para-hydroxylation sites is 1. The van der Waals surface area contributed by atoms with Crippen LogP contribution in [-0.2, 0) is 4.79 Å². The van der Waals surface area contributed by atoms with Crippen molar-refractivity contribution in [1.82, 2.24) is 10.1 Å². The zero-order valence-electron chi connectivity index (χ0n) is 19.0. The van der Waals surface area contributed by atoms with Crippen LogP contribution < -0.4 is 28.9 Å². The standard InChI is InChI=1S/C23H24N4O5S/c1-6-33-23-24-21(29)19-15-9-7-8-10-16(15)26(13(2)28)22(27(19)25-23)14-11-17(30-3)20(32-5)18(12-14)31-4/h7-12,22H,6H2,1-5H3. The monoisotopic (exact) mass is 468 g/mol. The Kier molecular flexibility index (Phi) is 6.28. The van der Waals surface area contributed by atoms with Crippen molar-refractivity contribution in [1.29, 1.82) is 0 Å². The number of nitrogens with zero attached hydrogens (tertiary/aromatic N) is 4. The Morgan fingerprint density at radius 2 is 1.82 bits per heavy atom. The number of carbonyl (C=O) groups excluding carboxylic acids is 1. The highest BCUT2D eigenvalue weighted by Crippen LogP contribution is 2.44. The third-order valence-electron chi connectivity index (χ3n) is 5.31. The molecule has 0 radical (unpaired) electrons. The van der Waals surface area contributed by atoms with E-state index in [-0.39, 0.29) is 5.91 Å². The molecule has 9 nitrogen and oxygen atoms in total. The van der Waals surface area contributed by atoms with E-state index in [2.05, 4.69) is 10.1 Å². The second-order valence-electron chi connectivity index (χ2n) is 7.16. The summed E-state index contributed by atoms with van der Waals surface area (Å²) >= 11 is 1.36. The maximum atomic E-state index is 13.2. The number of amides is 1. The van der Waals surface area contributed by atoms with Gasteiger partial charge in [-0.1, -0.05) is 35.5 Å². The minimum Gasteiger partial charge on any atom is -0.854 e. The third-order valence-corrected chi connectivity index (χ3v) is 6.03. The number of thioether (sulfide) groups is 1. The summed E-state index contributed by atoms with van der Waals surface area (Å²) in [6.07, 6.45) is -0.770. The van der Waals surface area contributed by atoms with Crippen LogP contribution in [0.25, 0.3) is 11.3 Å². The van der Waals surface area contributed by atoms with Gasteiger partial charge in [0.1, 0.15) is 0 Å². The summed E-state index contributed by atoms with van der Waals surface area (Å²) in [6, 6.07) is 10.7. The van der Waals surface area contributed by atoms with E-state index in [0.717, 1.165) is 0 Å². The van der Waals surface area contributed by atoms with E-state index in [0.29, 0.717) is 50.7 Å². The number of carbonyl (C=O) groups is 1. The first-order chi connectivity index (χ1) is 15.9. The lowest BCUT2D eigenvalue weighted by atomic mass is 10.0. The average Bonchev–Trinajstić information content (AvgIpc) is 2.81. The fourth-order valence-electron chi connectivity index (χ4n) is 4.02. The molecule has 4 rings (SSSR count). The number of methoxy groups -OCH3 is 3. The summed E-state index contributed by atoms with van der Waals surface area (Å²) in [4.78, 5) is 18.8. The molecule has 1 aliphatic heterocycles. The molecule has 10 heteroatoms. The van der Waals surface area contributed by atoms with Gasteiger partial charge in [-0.25, -0.2) is 9.88 Å². The van der Waals surface area contributed by atoms with Crippen molar-refractivity contribution in [2.24, 2.45) is 0 Å². The minimum atomic E-state index is -0.770. The molecule has 0 aliphatic carbocycles. The molecule has 1 amide bonds. The molecule has 1 aliphatic rings. The van der Waals surface area contributed by atoms with Crippen LogP contribution in [0.15, 0.2) is 41.6 Å². The van der Waals surface area contributed by atoms with Crippen LogP contribution in [0.4, 0.5) is 5.69 Å². The molecule has 2 heterocycles. The van der Waals surface area contributed by atoms with Crippen LogP contribution in [0.3, 0.4) is 0 Å². The number of ether oxygens (including phenoxy) is 3. The van der Waals surface area contributed by atoms with Gasteiger partial charge in [0.2, 0.25) is 11.7 Å². The van der Waals surface area contributed by atoms with Gasteiger partial charge in [0, 0.05) is 12.0 Å². The van der Waals surface area contributed by atoms with Gasteiger partial charge in [0.05, 0.1) is 44.0 Å². The van der Waals surface area contributed by atoms with Gasteiger partial charge in [-0.05, 0) is 30.0 Å². The smallest absolute Gasteiger partial charge is 0.293 e. The number of hydrogen-bond acceptors (Lipinski definition) is 8. The quantitative estimate of drug-likeness (QED) is 0.402. The number of rotatable bonds is 6. The fourth-order valence-corrected chi connectivity index (χ4v) is 4.57. The summed E-state index contributed by atoms with van der Waals surface area (Å²) in [5, 5.41) is 18.2. The van der Waals surface area contributed by atoms with Crippen molar-refractivity contribution in [2.75, 3.05) is 32.0 Å².